The first-order chi connectivity index (χ1) is 7.63. The average molecular weight is 222 g/mol. The summed E-state index contributed by atoms with van der Waals surface area (Å²) < 4.78 is 0. The summed E-state index contributed by atoms with van der Waals surface area (Å²) in [6.07, 6.45) is 2.38. The van der Waals surface area contributed by atoms with Gasteiger partial charge in [-0.05, 0) is 38.1 Å². The Morgan fingerprint density at radius 2 is 2.31 bits per heavy atom. The molecule has 3 heteroatoms. The zero-order chi connectivity index (χ0) is 12.0. The highest BCUT2D eigenvalue weighted by Gasteiger charge is 2.20. The molecule has 1 aliphatic rings. The van der Waals surface area contributed by atoms with E-state index in [1.165, 1.54) is 12.8 Å². The number of carbonyl (C=O) groups excluding carboxylic acids is 1. The Morgan fingerprint density at radius 3 is 2.81 bits per heavy atom. The molecule has 1 rings (SSSR count). The maximum Gasteiger partial charge on any atom is 0.298 e. The summed E-state index contributed by atoms with van der Waals surface area (Å²) in [5, 5.41) is 3.42. The van der Waals surface area contributed by atoms with E-state index < -0.39 is 0 Å². The highest BCUT2D eigenvalue weighted by molar-refractivity contribution is 5.93. The second kappa shape index (κ2) is 6.55. The Morgan fingerprint density at radius 1 is 1.56 bits per heavy atom. The molecule has 1 fully saturated rings. The van der Waals surface area contributed by atoms with Crippen LogP contribution in [0.1, 0.15) is 33.6 Å². The van der Waals surface area contributed by atoms with Crippen molar-refractivity contribution in [2.75, 3.05) is 19.6 Å². The zero-order valence-electron chi connectivity index (χ0n) is 10.5. The van der Waals surface area contributed by atoms with Crippen molar-refractivity contribution in [1.29, 1.82) is 0 Å². The van der Waals surface area contributed by atoms with Gasteiger partial charge in [0, 0.05) is 19.1 Å². The van der Waals surface area contributed by atoms with Crippen LogP contribution in [0.3, 0.4) is 0 Å². The number of amides is 1. The Balaban J connectivity index is 2.53. The monoisotopic (exact) mass is 222 g/mol. The highest BCUT2D eigenvalue weighted by Crippen LogP contribution is 2.08. The van der Waals surface area contributed by atoms with Crippen molar-refractivity contribution in [2.24, 2.45) is 5.92 Å². The summed E-state index contributed by atoms with van der Waals surface area (Å²) in [7, 11) is 0. The van der Waals surface area contributed by atoms with Gasteiger partial charge in [0.05, 0.1) is 0 Å². The second-order valence-corrected chi connectivity index (χ2v) is 4.77. The van der Waals surface area contributed by atoms with Crippen molar-refractivity contribution >= 4 is 5.91 Å². The predicted octanol–water partition coefficient (Wildman–Crippen LogP) is 1.25. The SMILES string of the molecule is CC#CC(=O)N(CC(C)C)CC1CCCN1. The molecule has 0 spiro atoms. The van der Waals surface area contributed by atoms with E-state index in [2.05, 4.69) is 31.0 Å². The Kier molecular flexibility index (Phi) is 5.34. The maximum atomic E-state index is 11.8. The van der Waals surface area contributed by atoms with Gasteiger partial charge in [-0.3, -0.25) is 4.79 Å². The van der Waals surface area contributed by atoms with E-state index in [9.17, 15) is 4.79 Å². The molecule has 3 nitrogen and oxygen atoms in total. The summed E-state index contributed by atoms with van der Waals surface area (Å²) in [6, 6.07) is 0.460. The van der Waals surface area contributed by atoms with Crippen LogP contribution in [0, 0.1) is 17.8 Å². The van der Waals surface area contributed by atoms with E-state index in [-0.39, 0.29) is 5.91 Å². The molecule has 1 amide bonds. The lowest BCUT2D eigenvalue weighted by molar-refractivity contribution is -0.125. The molecule has 16 heavy (non-hydrogen) atoms. The molecule has 1 aliphatic heterocycles. The Hall–Kier alpha value is -1.01. The summed E-state index contributed by atoms with van der Waals surface area (Å²) in [4.78, 5) is 13.7. The number of hydrogen-bond acceptors (Lipinski definition) is 2. The van der Waals surface area contributed by atoms with Crippen LogP contribution in [0.25, 0.3) is 0 Å². The standard InChI is InChI=1S/C13H22N2O/c1-4-6-13(16)15(9-11(2)3)10-12-7-5-8-14-12/h11-12,14H,5,7-10H2,1-3H3. The minimum Gasteiger partial charge on any atom is -0.330 e. The molecular formula is C13H22N2O. The van der Waals surface area contributed by atoms with Gasteiger partial charge < -0.3 is 10.2 Å². The van der Waals surface area contributed by atoms with Gasteiger partial charge in [-0.2, -0.15) is 0 Å². The van der Waals surface area contributed by atoms with Crippen LogP contribution in [-0.2, 0) is 4.79 Å². The van der Waals surface area contributed by atoms with Crippen LogP contribution in [0.15, 0.2) is 0 Å². The molecule has 0 bridgehead atoms. The Bertz CT molecular complexity index is 282. The molecule has 1 atom stereocenters. The van der Waals surface area contributed by atoms with Crippen LogP contribution in [-0.4, -0.2) is 36.5 Å². The lowest BCUT2D eigenvalue weighted by Gasteiger charge is -2.25. The van der Waals surface area contributed by atoms with E-state index in [0.29, 0.717) is 12.0 Å². The molecule has 0 aromatic carbocycles. The minimum absolute atomic E-state index is 0.0371. The van der Waals surface area contributed by atoms with Gasteiger partial charge in [0.15, 0.2) is 0 Å². The van der Waals surface area contributed by atoms with E-state index in [1.807, 2.05) is 4.90 Å². The van der Waals surface area contributed by atoms with Crippen LogP contribution in [0.2, 0.25) is 0 Å². The topological polar surface area (TPSA) is 32.3 Å². The second-order valence-electron chi connectivity index (χ2n) is 4.77. The van der Waals surface area contributed by atoms with E-state index in [0.717, 1.165) is 19.6 Å². The van der Waals surface area contributed by atoms with Crippen molar-refractivity contribution in [3.63, 3.8) is 0 Å². The van der Waals surface area contributed by atoms with Crippen molar-refractivity contribution in [3.8, 4) is 11.8 Å². The van der Waals surface area contributed by atoms with Crippen LogP contribution >= 0.6 is 0 Å². The first-order valence-electron chi connectivity index (χ1n) is 6.08. The van der Waals surface area contributed by atoms with Gasteiger partial charge in [-0.25, -0.2) is 0 Å². The lowest BCUT2D eigenvalue weighted by Crippen LogP contribution is -2.42. The third-order valence-corrected chi connectivity index (χ3v) is 2.71. The molecular weight excluding hydrogens is 200 g/mol. The van der Waals surface area contributed by atoms with Crippen molar-refractivity contribution < 1.29 is 4.79 Å². The lowest BCUT2D eigenvalue weighted by atomic mass is 10.1. The number of carbonyl (C=O) groups is 1. The zero-order valence-corrected chi connectivity index (χ0v) is 10.5. The molecule has 1 saturated heterocycles. The van der Waals surface area contributed by atoms with Crippen molar-refractivity contribution in [1.82, 2.24) is 10.2 Å². The summed E-state index contributed by atoms with van der Waals surface area (Å²) in [5.41, 5.74) is 0. The smallest absolute Gasteiger partial charge is 0.298 e. The van der Waals surface area contributed by atoms with Gasteiger partial charge in [0.2, 0.25) is 0 Å². The third kappa shape index (κ3) is 4.24. The summed E-state index contributed by atoms with van der Waals surface area (Å²) >= 11 is 0. The third-order valence-electron chi connectivity index (χ3n) is 2.71. The van der Waals surface area contributed by atoms with E-state index in [1.54, 1.807) is 6.92 Å². The van der Waals surface area contributed by atoms with Gasteiger partial charge in [0.25, 0.3) is 5.91 Å². The first kappa shape index (κ1) is 13.1. The molecule has 0 aliphatic carbocycles. The molecule has 0 aromatic rings. The normalized spacial score (nSPS) is 19.4. The molecule has 1 heterocycles. The fraction of sp³-hybridized carbons (Fsp3) is 0.769. The number of rotatable bonds is 4. The highest BCUT2D eigenvalue weighted by atomic mass is 16.2. The molecule has 1 N–H and O–H groups in total. The predicted molar refractivity (Wildman–Crippen MR) is 65.9 cm³/mol. The molecule has 0 radical (unpaired) electrons. The van der Waals surface area contributed by atoms with Crippen LogP contribution in [0.4, 0.5) is 0 Å². The first-order valence-corrected chi connectivity index (χ1v) is 6.08. The maximum absolute atomic E-state index is 11.8. The van der Waals surface area contributed by atoms with Crippen molar-refractivity contribution in [3.05, 3.63) is 0 Å². The van der Waals surface area contributed by atoms with Crippen LogP contribution < -0.4 is 5.32 Å². The van der Waals surface area contributed by atoms with Crippen molar-refractivity contribution in [2.45, 2.75) is 39.7 Å². The fourth-order valence-corrected chi connectivity index (χ4v) is 2.05. The summed E-state index contributed by atoms with van der Waals surface area (Å²) in [6.45, 7) is 8.63. The van der Waals surface area contributed by atoms with Gasteiger partial charge in [-0.15, -0.1) is 0 Å². The molecule has 0 saturated carbocycles. The van der Waals surface area contributed by atoms with Gasteiger partial charge in [-0.1, -0.05) is 19.8 Å². The van der Waals surface area contributed by atoms with Gasteiger partial charge in [0.1, 0.15) is 0 Å². The largest absolute Gasteiger partial charge is 0.330 e. The minimum atomic E-state index is -0.0371. The quantitative estimate of drug-likeness (QED) is 0.726. The molecule has 1 unspecified atom stereocenters. The summed E-state index contributed by atoms with van der Waals surface area (Å²) in [5.74, 6) is 5.77. The Labute approximate surface area is 98.6 Å². The fourth-order valence-electron chi connectivity index (χ4n) is 2.05. The van der Waals surface area contributed by atoms with E-state index in [4.69, 9.17) is 0 Å². The molecule has 0 aromatic heterocycles. The number of nitrogens with zero attached hydrogens (tertiary/aromatic N) is 1. The average Bonchev–Trinajstić information content (AvgIpc) is 2.69. The van der Waals surface area contributed by atoms with E-state index >= 15 is 0 Å². The van der Waals surface area contributed by atoms with Crippen LogP contribution in [0.5, 0.6) is 0 Å². The van der Waals surface area contributed by atoms with Gasteiger partial charge >= 0.3 is 0 Å². The number of hydrogen-bond donors (Lipinski definition) is 1. The number of nitrogens with one attached hydrogen (secondary N) is 1. The molecule has 90 valence electrons.